The van der Waals surface area contributed by atoms with Gasteiger partial charge in [-0.05, 0) is 34.9 Å². The van der Waals surface area contributed by atoms with Gasteiger partial charge in [-0.3, -0.25) is 4.68 Å². The second kappa shape index (κ2) is 8.23. The van der Waals surface area contributed by atoms with Crippen molar-refractivity contribution in [2.45, 2.75) is 5.54 Å². The average molecular weight is 422 g/mol. The predicted molar refractivity (Wildman–Crippen MR) is 122 cm³/mol. The standard InChI is InChI=1S/C28H20F2N2/c29-24-16-17-25(26(30)20-24)27-18-19-32(31-27)28(21-10-4-1-5-11-21,22-12-6-2-7-13-22)23-14-8-3-9-15-23/h1-20H. The fourth-order valence-corrected chi connectivity index (χ4v) is 4.29. The Balaban J connectivity index is 1.81. The van der Waals surface area contributed by atoms with E-state index in [1.165, 1.54) is 12.1 Å². The van der Waals surface area contributed by atoms with Gasteiger partial charge in [0.25, 0.3) is 0 Å². The summed E-state index contributed by atoms with van der Waals surface area (Å²) in [6.45, 7) is 0. The highest BCUT2D eigenvalue weighted by molar-refractivity contribution is 5.60. The molecule has 156 valence electrons. The maximum atomic E-state index is 14.5. The molecule has 0 aliphatic rings. The molecule has 5 rings (SSSR count). The van der Waals surface area contributed by atoms with Gasteiger partial charge >= 0.3 is 0 Å². The van der Waals surface area contributed by atoms with Crippen LogP contribution >= 0.6 is 0 Å². The molecule has 2 nitrogen and oxygen atoms in total. The molecule has 0 fully saturated rings. The molecule has 0 amide bonds. The van der Waals surface area contributed by atoms with Crippen molar-refractivity contribution in [3.8, 4) is 11.3 Å². The molecule has 0 aliphatic carbocycles. The summed E-state index contributed by atoms with van der Waals surface area (Å²) in [6.07, 6.45) is 1.85. The first-order chi connectivity index (χ1) is 15.7. The fraction of sp³-hybridized carbons (Fsp3) is 0.0357. The zero-order chi connectivity index (χ0) is 22.0. The minimum Gasteiger partial charge on any atom is -0.253 e. The zero-order valence-electron chi connectivity index (χ0n) is 17.2. The molecule has 4 heteroatoms. The molecule has 0 spiro atoms. The number of aromatic nitrogens is 2. The summed E-state index contributed by atoms with van der Waals surface area (Å²) in [5.41, 5.74) is 2.98. The zero-order valence-corrected chi connectivity index (χ0v) is 17.2. The van der Waals surface area contributed by atoms with Crippen LogP contribution in [0.3, 0.4) is 0 Å². The smallest absolute Gasteiger partial charge is 0.138 e. The van der Waals surface area contributed by atoms with Gasteiger partial charge in [-0.25, -0.2) is 8.78 Å². The van der Waals surface area contributed by atoms with Crippen LogP contribution in [-0.4, -0.2) is 9.78 Å². The predicted octanol–water partition coefficient (Wildman–Crippen LogP) is 6.67. The summed E-state index contributed by atoms with van der Waals surface area (Å²) in [4.78, 5) is 0. The van der Waals surface area contributed by atoms with Crippen molar-refractivity contribution >= 4 is 0 Å². The Bertz CT molecular complexity index is 1230. The lowest BCUT2D eigenvalue weighted by atomic mass is 9.77. The monoisotopic (exact) mass is 422 g/mol. The van der Waals surface area contributed by atoms with E-state index in [9.17, 15) is 8.78 Å². The van der Waals surface area contributed by atoms with Crippen molar-refractivity contribution in [2.24, 2.45) is 0 Å². The first-order valence-corrected chi connectivity index (χ1v) is 10.4. The van der Waals surface area contributed by atoms with Gasteiger partial charge in [0, 0.05) is 17.8 Å². The number of halogens is 2. The van der Waals surface area contributed by atoms with E-state index >= 15 is 0 Å². The van der Waals surface area contributed by atoms with Crippen LogP contribution < -0.4 is 0 Å². The molecule has 0 saturated heterocycles. The number of benzene rings is 4. The van der Waals surface area contributed by atoms with Crippen LogP contribution in [0, 0.1) is 11.6 Å². The van der Waals surface area contributed by atoms with Crippen LogP contribution in [-0.2, 0) is 5.54 Å². The first-order valence-electron chi connectivity index (χ1n) is 10.4. The SMILES string of the molecule is Fc1ccc(-c2ccn(C(c3ccccc3)(c3ccccc3)c3ccccc3)n2)c(F)c1. The minimum absolute atomic E-state index is 0.258. The Labute approximate surface area is 185 Å². The number of nitrogens with zero attached hydrogens (tertiary/aromatic N) is 2. The summed E-state index contributed by atoms with van der Waals surface area (Å²) >= 11 is 0. The number of rotatable bonds is 5. The quantitative estimate of drug-likeness (QED) is 0.289. The Kier molecular flexibility index (Phi) is 5.12. The van der Waals surface area contributed by atoms with Gasteiger partial charge in [0.05, 0.1) is 5.69 Å². The lowest BCUT2D eigenvalue weighted by Gasteiger charge is -2.36. The Hall–Kier alpha value is -4.05. The van der Waals surface area contributed by atoms with Crippen molar-refractivity contribution in [2.75, 3.05) is 0 Å². The number of hydrogen-bond acceptors (Lipinski definition) is 1. The van der Waals surface area contributed by atoms with Crippen molar-refractivity contribution in [3.63, 3.8) is 0 Å². The fourth-order valence-electron chi connectivity index (χ4n) is 4.29. The normalized spacial score (nSPS) is 11.4. The van der Waals surface area contributed by atoms with Gasteiger partial charge in [-0.2, -0.15) is 5.10 Å². The Morgan fingerprint density at radius 3 is 1.56 bits per heavy atom. The summed E-state index contributed by atoms with van der Waals surface area (Å²) in [7, 11) is 0. The van der Waals surface area contributed by atoms with Gasteiger partial charge in [-0.15, -0.1) is 0 Å². The van der Waals surface area contributed by atoms with Crippen molar-refractivity contribution < 1.29 is 8.78 Å². The summed E-state index contributed by atoms with van der Waals surface area (Å²) in [5.74, 6) is -1.25. The molecule has 32 heavy (non-hydrogen) atoms. The lowest BCUT2D eigenvalue weighted by molar-refractivity contribution is 0.461. The second-order valence-corrected chi connectivity index (χ2v) is 7.58. The van der Waals surface area contributed by atoms with Crippen LogP contribution in [0.1, 0.15) is 16.7 Å². The maximum absolute atomic E-state index is 14.5. The maximum Gasteiger partial charge on any atom is 0.138 e. The molecule has 0 saturated carbocycles. The summed E-state index contributed by atoms with van der Waals surface area (Å²) in [6, 6.07) is 35.7. The van der Waals surface area contributed by atoms with Gasteiger partial charge in [0.1, 0.15) is 17.2 Å². The molecular weight excluding hydrogens is 402 g/mol. The third kappa shape index (κ3) is 3.30. The molecule has 0 radical (unpaired) electrons. The van der Waals surface area contributed by atoms with E-state index in [4.69, 9.17) is 5.10 Å². The van der Waals surface area contributed by atoms with Crippen LogP contribution in [0.2, 0.25) is 0 Å². The van der Waals surface area contributed by atoms with Gasteiger partial charge in [0.2, 0.25) is 0 Å². The third-order valence-electron chi connectivity index (χ3n) is 5.71. The van der Waals surface area contributed by atoms with E-state index in [0.717, 1.165) is 22.8 Å². The molecule has 0 aliphatic heterocycles. The topological polar surface area (TPSA) is 17.8 Å². The average Bonchev–Trinajstić information content (AvgIpc) is 3.32. The first kappa shape index (κ1) is 19.9. The van der Waals surface area contributed by atoms with E-state index < -0.39 is 17.2 Å². The van der Waals surface area contributed by atoms with E-state index in [1.54, 1.807) is 6.07 Å². The van der Waals surface area contributed by atoms with Crippen molar-refractivity contribution in [1.82, 2.24) is 9.78 Å². The van der Waals surface area contributed by atoms with Crippen LogP contribution in [0.15, 0.2) is 121 Å². The molecule has 5 aromatic rings. The second-order valence-electron chi connectivity index (χ2n) is 7.58. The molecular formula is C28H20F2N2. The van der Waals surface area contributed by atoms with Crippen molar-refractivity contribution in [3.05, 3.63) is 150 Å². The highest BCUT2D eigenvalue weighted by Gasteiger charge is 2.39. The van der Waals surface area contributed by atoms with Crippen molar-refractivity contribution in [1.29, 1.82) is 0 Å². The summed E-state index contributed by atoms with van der Waals surface area (Å²) in [5, 5.41) is 4.83. The highest BCUT2D eigenvalue weighted by Crippen LogP contribution is 2.40. The van der Waals surface area contributed by atoms with Crippen LogP contribution in [0.25, 0.3) is 11.3 Å². The Morgan fingerprint density at radius 1 is 0.594 bits per heavy atom. The van der Waals surface area contributed by atoms with Gasteiger partial charge in [0.15, 0.2) is 0 Å². The molecule has 0 atom stereocenters. The van der Waals surface area contributed by atoms with E-state index in [1.807, 2.05) is 65.5 Å². The van der Waals surface area contributed by atoms with Gasteiger partial charge in [-0.1, -0.05) is 91.0 Å². The van der Waals surface area contributed by atoms with Gasteiger partial charge < -0.3 is 0 Å². The van der Waals surface area contributed by atoms with Crippen LogP contribution in [0.4, 0.5) is 8.78 Å². The van der Waals surface area contributed by atoms with E-state index in [0.29, 0.717) is 5.69 Å². The summed E-state index contributed by atoms with van der Waals surface area (Å²) < 4.78 is 29.8. The molecule has 0 bridgehead atoms. The lowest BCUT2D eigenvalue weighted by Crippen LogP contribution is -2.38. The third-order valence-corrected chi connectivity index (χ3v) is 5.71. The molecule has 0 N–H and O–H groups in total. The number of hydrogen-bond donors (Lipinski definition) is 0. The highest BCUT2D eigenvalue weighted by atomic mass is 19.1. The molecule has 1 heterocycles. The van der Waals surface area contributed by atoms with Crippen LogP contribution in [0.5, 0.6) is 0 Å². The van der Waals surface area contributed by atoms with E-state index in [-0.39, 0.29) is 5.56 Å². The largest absolute Gasteiger partial charge is 0.253 e. The molecule has 4 aromatic carbocycles. The Morgan fingerprint density at radius 2 is 1.09 bits per heavy atom. The molecule has 1 aromatic heterocycles. The minimum atomic E-state index is -0.779. The van der Waals surface area contributed by atoms with E-state index in [2.05, 4.69) is 36.4 Å². The molecule has 0 unspecified atom stereocenters.